The van der Waals surface area contributed by atoms with Gasteiger partial charge in [0.2, 0.25) is 0 Å². The van der Waals surface area contributed by atoms with Crippen molar-refractivity contribution in [3.8, 4) is 0 Å². The Bertz CT molecular complexity index is 666. The van der Waals surface area contributed by atoms with Gasteiger partial charge in [-0.3, -0.25) is 9.78 Å². The van der Waals surface area contributed by atoms with Gasteiger partial charge in [-0.05, 0) is 24.1 Å². The minimum Gasteiger partial charge on any atom is -0.481 e. The molecule has 2 aromatic rings. The molecule has 0 saturated carbocycles. The average Bonchev–Trinajstić information content (AvgIpc) is 3.11. The maximum absolute atomic E-state index is 12.6. The molecule has 1 saturated heterocycles. The predicted octanol–water partition coefficient (Wildman–Crippen LogP) is 2.29. The molecule has 1 aromatic heterocycles. The molecule has 1 aliphatic rings. The topological polar surface area (TPSA) is 82.5 Å². The highest BCUT2D eigenvalue weighted by atomic mass is 16.4. The number of carbonyl (C=O) groups excluding carboxylic acids is 1. The highest BCUT2D eigenvalue weighted by Gasteiger charge is 2.32. The summed E-state index contributed by atoms with van der Waals surface area (Å²) in [4.78, 5) is 29.5. The number of carboxylic acid groups (broad SMARTS) is 1. The molecule has 24 heavy (non-hydrogen) atoms. The predicted molar refractivity (Wildman–Crippen MR) is 88.4 cm³/mol. The molecule has 3 rings (SSSR count). The summed E-state index contributed by atoms with van der Waals surface area (Å²) in [6, 6.07) is 14.5. The zero-order valence-electron chi connectivity index (χ0n) is 13.1. The first-order valence-corrected chi connectivity index (χ1v) is 7.89. The Labute approximate surface area is 140 Å². The van der Waals surface area contributed by atoms with Crippen molar-refractivity contribution in [3.63, 3.8) is 0 Å². The number of carboxylic acids is 1. The van der Waals surface area contributed by atoms with Crippen LogP contribution in [0.5, 0.6) is 0 Å². The first-order valence-electron chi connectivity index (χ1n) is 7.89. The fraction of sp³-hybridized carbons (Fsp3) is 0.278. The molecule has 2 heterocycles. The van der Waals surface area contributed by atoms with Gasteiger partial charge in [0, 0.05) is 19.3 Å². The molecule has 6 nitrogen and oxygen atoms in total. The van der Waals surface area contributed by atoms with E-state index >= 15 is 0 Å². The molecule has 2 atom stereocenters. The molecule has 0 bridgehead atoms. The van der Waals surface area contributed by atoms with Crippen LogP contribution in [0.25, 0.3) is 0 Å². The van der Waals surface area contributed by atoms with Crippen molar-refractivity contribution in [3.05, 3.63) is 66.0 Å². The fourth-order valence-electron chi connectivity index (χ4n) is 2.88. The van der Waals surface area contributed by atoms with Gasteiger partial charge in [-0.2, -0.15) is 0 Å². The normalized spacial score (nSPS) is 18.2. The summed E-state index contributed by atoms with van der Waals surface area (Å²) in [7, 11) is 0. The molecule has 2 N–H and O–H groups in total. The Morgan fingerprint density at radius 2 is 1.92 bits per heavy atom. The summed E-state index contributed by atoms with van der Waals surface area (Å²) in [5.74, 6) is -1.34. The van der Waals surface area contributed by atoms with E-state index in [0.717, 1.165) is 11.3 Å². The van der Waals surface area contributed by atoms with Crippen LogP contribution in [0.1, 0.15) is 23.7 Å². The number of aliphatic carboxylic acids is 1. The van der Waals surface area contributed by atoms with Gasteiger partial charge in [0.05, 0.1) is 17.7 Å². The van der Waals surface area contributed by atoms with Gasteiger partial charge in [0.25, 0.3) is 0 Å². The van der Waals surface area contributed by atoms with E-state index in [1.807, 2.05) is 48.5 Å². The number of hydrogen-bond donors (Lipinski definition) is 2. The molecule has 1 aliphatic heterocycles. The Kier molecular flexibility index (Phi) is 4.74. The van der Waals surface area contributed by atoms with Gasteiger partial charge in [-0.1, -0.05) is 36.4 Å². The van der Waals surface area contributed by atoms with Crippen molar-refractivity contribution in [1.29, 1.82) is 0 Å². The quantitative estimate of drug-likeness (QED) is 0.903. The first kappa shape index (κ1) is 16.0. The van der Waals surface area contributed by atoms with Crippen LogP contribution < -0.4 is 5.32 Å². The Balaban J connectivity index is 1.78. The van der Waals surface area contributed by atoms with Crippen LogP contribution in [0.15, 0.2) is 54.7 Å². The Morgan fingerprint density at radius 3 is 2.54 bits per heavy atom. The van der Waals surface area contributed by atoms with E-state index in [-0.39, 0.29) is 18.6 Å². The summed E-state index contributed by atoms with van der Waals surface area (Å²) in [5.41, 5.74) is 1.67. The summed E-state index contributed by atoms with van der Waals surface area (Å²) in [5, 5.41) is 12.1. The lowest BCUT2D eigenvalue weighted by molar-refractivity contribution is -0.141. The van der Waals surface area contributed by atoms with Gasteiger partial charge in [-0.15, -0.1) is 0 Å². The molecule has 0 aliphatic carbocycles. The molecule has 0 spiro atoms. The second-order valence-electron chi connectivity index (χ2n) is 5.82. The van der Waals surface area contributed by atoms with E-state index in [2.05, 4.69) is 10.3 Å². The lowest BCUT2D eigenvalue weighted by Crippen LogP contribution is -2.41. The Morgan fingerprint density at radius 1 is 1.17 bits per heavy atom. The zero-order valence-corrected chi connectivity index (χ0v) is 13.1. The van der Waals surface area contributed by atoms with Crippen molar-refractivity contribution in [2.24, 2.45) is 5.92 Å². The largest absolute Gasteiger partial charge is 0.481 e. The van der Waals surface area contributed by atoms with E-state index in [9.17, 15) is 9.59 Å². The van der Waals surface area contributed by atoms with Gasteiger partial charge in [-0.25, -0.2) is 4.79 Å². The van der Waals surface area contributed by atoms with Gasteiger partial charge in [0.1, 0.15) is 0 Å². The van der Waals surface area contributed by atoms with Crippen molar-refractivity contribution >= 4 is 12.0 Å². The van der Waals surface area contributed by atoms with E-state index in [4.69, 9.17) is 5.11 Å². The van der Waals surface area contributed by atoms with Crippen LogP contribution in [0.3, 0.4) is 0 Å². The minimum absolute atomic E-state index is 0.241. The fourth-order valence-corrected chi connectivity index (χ4v) is 2.88. The SMILES string of the molecule is O=C(O)C1CCN(C(=O)NC(c2ccccc2)c2ccccn2)C1. The summed E-state index contributed by atoms with van der Waals surface area (Å²) in [6.07, 6.45) is 2.18. The number of urea groups is 1. The van der Waals surface area contributed by atoms with Crippen molar-refractivity contribution in [2.75, 3.05) is 13.1 Å². The number of nitrogens with zero attached hydrogens (tertiary/aromatic N) is 2. The standard InChI is InChI=1S/C18H19N3O3/c22-17(23)14-9-11-21(12-14)18(24)20-16(13-6-2-1-3-7-13)15-8-4-5-10-19-15/h1-8,10,14,16H,9,11-12H2,(H,20,24)(H,22,23). The first-order chi connectivity index (χ1) is 11.6. The summed E-state index contributed by atoms with van der Waals surface area (Å²) >= 11 is 0. The number of likely N-dealkylation sites (tertiary alicyclic amines) is 1. The maximum Gasteiger partial charge on any atom is 0.318 e. The lowest BCUT2D eigenvalue weighted by Gasteiger charge is -2.23. The summed E-state index contributed by atoms with van der Waals surface area (Å²) in [6.45, 7) is 0.692. The average molecular weight is 325 g/mol. The number of hydrogen-bond acceptors (Lipinski definition) is 3. The second-order valence-corrected chi connectivity index (χ2v) is 5.82. The van der Waals surface area contributed by atoms with Crippen LogP contribution in [0.2, 0.25) is 0 Å². The van der Waals surface area contributed by atoms with E-state index in [1.165, 1.54) is 0 Å². The number of aromatic nitrogens is 1. The molecule has 2 unspecified atom stereocenters. The van der Waals surface area contributed by atoms with Crippen LogP contribution in [-0.4, -0.2) is 40.1 Å². The molecule has 124 valence electrons. The lowest BCUT2D eigenvalue weighted by atomic mass is 10.0. The Hall–Kier alpha value is -2.89. The molecular weight excluding hydrogens is 306 g/mol. The third kappa shape index (κ3) is 3.53. The molecule has 1 fully saturated rings. The van der Waals surface area contributed by atoms with E-state index < -0.39 is 11.9 Å². The third-order valence-electron chi connectivity index (χ3n) is 4.21. The highest BCUT2D eigenvalue weighted by molar-refractivity contribution is 5.78. The highest BCUT2D eigenvalue weighted by Crippen LogP contribution is 2.22. The van der Waals surface area contributed by atoms with Crippen molar-refractivity contribution < 1.29 is 14.7 Å². The molecule has 2 amide bonds. The number of nitrogens with one attached hydrogen (secondary N) is 1. The third-order valence-corrected chi connectivity index (χ3v) is 4.21. The number of amides is 2. The van der Waals surface area contributed by atoms with Crippen LogP contribution in [-0.2, 0) is 4.79 Å². The van der Waals surface area contributed by atoms with Crippen LogP contribution >= 0.6 is 0 Å². The van der Waals surface area contributed by atoms with Crippen LogP contribution in [0.4, 0.5) is 4.79 Å². The van der Waals surface area contributed by atoms with Crippen molar-refractivity contribution in [2.45, 2.75) is 12.5 Å². The molecule has 0 radical (unpaired) electrons. The zero-order chi connectivity index (χ0) is 16.9. The number of pyridine rings is 1. The van der Waals surface area contributed by atoms with Crippen molar-refractivity contribution in [1.82, 2.24) is 15.2 Å². The number of carbonyl (C=O) groups is 2. The van der Waals surface area contributed by atoms with E-state index in [0.29, 0.717) is 13.0 Å². The second kappa shape index (κ2) is 7.12. The van der Waals surface area contributed by atoms with Crippen LogP contribution in [0, 0.1) is 5.92 Å². The van der Waals surface area contributed by atoms with Gasteiger partial charge >= 0.3 is 12.0 Å². The molecular formula is C18H19N3O3. The van der Waals surface area contributed by atoms with E-state index in [1.54, 1.807) is 11.1 Å². The maximum atomic E-state index is 12.6. The van der Waals surface area contributed by atoms with Gasteiger partial charge < -0.3 is 15.3 Å². The van der Waals surface area contributed by atoms with Gasteiger partial charge in [0.15, 0.2) is 0 Å². The summed E-state index contributed by atoms with van der Waals surface area (Å²) < 4.78 is 0. The number of rotatable bonds is 4. The number of benzene rings is 1. The smallest absolute Gasteiger partial charge is 0.318 e. The molecule has 1 aromatic carbocycles. The minimum atomic E-state index is -0.852. The molecule has 6 heteroatoms. The monoisotopic (exact) mass is 325 g/mol.